The molecule has 0 bridgehead atoms. The van der Waals surface area contributed by atoms with Gasteiger partial charge in [0, 0.05) is 13.1 Å². The molecule has 2 N–H and O–H groups in total. The summed E-state index contributed by atoms with van der Waals surface area (Å²) in [5.41, 5.74) is 1.43. The van der Waals surface area contributed by atoms with Crippen LogP contribution in [-0.4, -0.2) is 47.7 Å². The number of hydrogen-bond donors (Lipinski definition) is 2. The van der Waals surface area contributed by atoms with Crippen LogP contribution in [0.1, 0.15) is 23.3 Å². The van der Waals surface area contributed by atoms with Crippen LogP contribution in [0.3, 0.4) is 0 Å². The van der Waals surface area contributed by atoms with Crippen LogP contribution in [0.4, 0.5) is 0 Å². The molecule has 2 aromatic heterocycles. The Kier molecular flexibility index (Phi) is 5.99. The van der Waals surface area contributed by atoms with E-state index in [1.54, 1.807) is 11.3 Å². The number of halogens is 1. The van der Waals surface area contributed by atoms with E-state index >= 15 is 0 Å². The molecule has 1 fully saturated rings. The zero-order valence-electron chi connectivity index (χ0n) is 12.5. The van der Waals surface area contributed by atoms with E-state index in [1.807, 2.05) is 35.5 Å². The van der Waals surface area contributed by atoms with Crippen LogP contribution in [0.15, 0.2) is 23.6 Å². The summed E-state index contributed by atoms with van der Waals surface area (Å²) in [5.74, 6) is 0.719. The second kappa shape index (κ2) is 7.76. The summed E-state index contributed by atoms with van der Waals surface area (Å²) in [5, 5.41) is 12.4. The zero-order valence-corrected chi connectivity index (χ0v) is 14.2. The summed E-state index contributed by atoms with van der Waals surface area (Å²) in [4.78, 5) is 15.5. The molecule has 2 aromatic rings. The number of carbonyl (C=O) groups excluding carboxylic acids is 1. The number of thiophene rings is 1. The molecule has 0 saturated carbocycles. The van der Waals surface area contributed by atoms with E-state index in [4.69, 9.17) is 0 Å². The van der Waals surface area contributed by atoms with Gasteiger partial charge in [-0.2, -0.15) is 5.10 Å². The van der Waals surface area contributed by atoms with Gasteiger partial charge in [-0.1, -0.05) is 6.07 Å². The van der Waals surface area contributed by atoms with Crippen molar-refractivity contribution in [3.63, 3.8) is 0 Å². The highest BCUT2D eigenvalue weighted by molar-refractivity contribution is 7.13. The van der Waals surface area contributed by atoms with Crippen LogP contribution >= 0.6 is 23.7 Å². The predicted molar refractivity (Wildman–Crippen MR) is 91.7 cm³/mol. The third-order valence-electron chi connectivity index (χ3n) is 3.98. The fourth-order valence-electron chi connectivity index (χ4n) is 2.78. The van der Waals surface area contributed by atoms with Gasteiger partial charge in [-0.15, -0.1) is 23.7 Å². The molecule has 1 saturated heterocycles. The number of aromatic amines is 1. The van der Waals surface area contributed by atoms with Gasteiger partial charge in [0.1, 0.15) is 0 Å². The normalized spacial score (nSPS) is 15.6. The highest BCUT2D eigenvalue weighted by Crippen LogP contribution is 2.24. The van der Waals surface area contributed by atoms with E-state index < -0.39 is 0 Å². The molecule has 120 valence electrons. The van der Waals surface area contributed by atoms with Crippen LogP contribution in [0.2, 0.25) is 0 Å². The van der Waals surface area contributed by atoms with Crippen LogP contribution in [0.5, 0.6) is 0 Å². The van der Waals surface area contributed by atoms with Crippen molar-refractivity contribution in [3.8, 4) is 10.6 Å². The van der Waals surface area contributed by atoms with E-state index in [2.05, 4.69) is 15.5 Å². The first-order chi connectivity index (χ1) is 10.3. The Balaban J connectivity index is 0.00000176. The molecule has 3 rings (SSSR count). The number of H-pyrrole nitrogens is 1. The van der Waals surface area contributed by atoms with E-state index in [1.165, 1.54) is 0 Å². The number of nitrogens with one attached hydrogen (secondary N) is 2. The van der Waals surface area contributed by atoms with Crippen molar-refractivity contribution in [2.45, 2.75) is 12.8 Å². The van der Waals surface area contributed by atoms with Crippen molar-refractivity contribution in [2.24, 2.45) is 5.92 Å². The molecule has 1 aliphatic heterocycles. The van der Waals surface area contributed by atoms with Crippen LogP contribution in [0, 0.1) is 5.92 Å². The van der Waals surface area contributed by atoms with E-state index in [0.717, 1.165) is 43.0 Å². The van der Waals surface area contributed by atoms with Crippen LogP contribution in [-0.2, 0) is 0 Å². The van der Waals surface area contributed by atoms with Crippen molar-refractivity contribution in [1.82, 2.24) is 20.4 Å². The lowest BCUT2D eigenvalue weighted by Crippen LogP contribution is -2.40. The van der Waals surface area contributed by atoms with Gasteiger partial charge in [-0.05, 0) is 49.9 Å². The Labute approximate surface area is 140 Å². The van der Waals surface area contributed by atoms with Gasteiger partial charge < -0.3 is 10.2 Å². The maximum absolute atomic E-state index is 12.5. The molecule has 5 nitrogen and oxygen atoms in total. The molecule has 0 radical (unpaired) electrons. The molecular weight excluding hydrogens is 320 g/mol. The quantitative estimate of drug-likeness (QED) is 0.899. The first-order valence-corrected chi connectivity index (χ1v) is 8.19. The van der Waals surface area contributed by atoms with Crippen molar-refractivity contribution in [1.29, 1.82) is 0 Å². The molecule has 1 aliphatic rings. The standard InChI is InChI=1S/C15H20N4OS.ClH/c1-16-10-11-4-6-19(7-5-11)15(20)13-9-12(17-18-13)14-3-2-8-21-14;/h2-3,8-9,11,16H,4-7,10H2,1H3,(H,17,18);1H. The minimum atomic E-state index is 0. The zero-order chi connectivity index (χ0) is 14.7. The number of piperidine rings is 1. The Morgan fingerprint density at radius 2 is 2.27 bits per heavy atom. The average molecular weight is 341 g/mol. The number of amides is 1. The predicted octanol–water partition coefficient (Wildman–Crippen LogP) is 2.63. The smallest absolute Gasteiger partial charge is 0.274 e. The lowest BCUT2D eigenvalue weighted by molar-refractivity contribution is 0.0685. The van der Waals surface area contributed by atoms with Gasteiger partial charge in [-0.25, -0.2) is 0 Å². The number of carbonyl (C=O) groups is 1. The van der Waals surface area contributed by atoms with Gasteiger partial charge in [0.25, 0.3) is 5.91 Å². The first-order valence-electron chi connectivity index (χ1n) is 7.31. The first kappa shape index (κ1) is 17.0. The highest BCUT2D eigenvalue weighted by Gasteiger charge is 2.24. The largest absolute Gasteiger partial charge is 0.337 e. The van der Waals surface area contributed by atoms with Gasteiger partial charge >= 0.3 is 0 Å². The third kappa shape index (κ3) is 3.69. The molecule has 22 heavy (non-hydrogen) atoms. The Morgan fingerprint density at radius 3 is 2.91 bits per heavy atom. The SMILES string of the molecule is CNCC1CCN(C(=O)c2cc(-c3cccs3)[nH]n2)CC1.Cl. The van der Waals surface area contributed by atoms with Gasteiger partial charge in [0.2, 0.25) is 0 Å². The number of rotatable bonds is 4. The Hall–Kier alpha value is -1.37. The Morgan fingerprint density at radius 1 is 1.50 bits per heavy atom. The monoisotopic (exact) mass is 340 g/mol. The summed E-state index contributed by atoms with van der Waals surface area (Å²) in [7, 11) is 1.98. The van der Waals surface area contributed by atoms with Gasteiger partial charge in [0.15, 0.2) is 5.69 Å². The fraction of sp³-hybridized carbons (Fsp3) is 0.467. The van der Waals surface area contributed by atoms with Crippen LogP contribution in [0.25, 0.3) is 10.6 Å². The summed E-state index contributed by atoms with van der Waals surface area (Å²) in [6.07, 6.45) is 2.13. The number of likely N-dealkylation sites (tertiary alicyclic amines) is 1. The Bertz CT molecular complexity index is 590. The minimum Gasteiger partial charge on any atom is -0.337 e. The number of aromatic nitrogens is 2. The van der Waals surface area contributed by atoms with Gasteiger partial charge in [0.05, 0.1) is 10.6 Å². The lowest BCUT2D eigenvalue weighted by Gasteiger charge is -2.31. The summed E-state index contributed by atoms with van der Waals surface area (Å²) in [6, 6.07) is 5.87. The minimum absolute atomic E-state index is 0. The molecule has 0 unspecified atom stereocenters. The van der Waals surface area contributed by atoms with Crippen LogP contribution < -0.4 is 5.32 Å². The summed E-state index contributed by atoms with van der Waals surface area (Å²) >= 11 is 1.64. The van der Waals surface area contributed by atoms with E-state index in [9.17, 15) is 4.79 Å². The van der Waals surface area contributed by atoms with Crippen molar-refractivity contribution in [3.05, 3.63) is 29.3 Å². The molecule has 0 aliphatic carbocycles. The maximum atomic E-state index is 12.5. The lowest BCUT2D eigenvalue weighted by atomic mass is 9.96. The molecule has 3 heterocycles. The topological polar surface area (TPSA) is 61.0 Å². The second-order valence-corrected chi connectivity index (χ2v) is 6.39. The summed E-state index contributed by atoms with van der Waals surface area (Å²) < 4.78 is 0. The second-order valence-electron chi connectivity index (χ2n) is 5.44. The molecule has 0 spiro atoms. The molecule has 7 heteroatoms. The van der Waals surface area contributed by atoms with Crippen molar-refractivity contribution in [2.75, 3.05) is 26.7 Å². The average Bonchev–Trinajstić information content (AvgIpc) is 3.19. The third-order valence-corrected chi connectivity index (χ3v) is 4.88. The maximum Gasteiger partial charge on any atom is 0.274 e. The van der Waals surface area contributed by atoms with Crippen molar-refractivity contribution < 1.29 is 4.79 Å². The van der Waals surface area contributed by atoms with Gasteiger partial charge in [-0.3, -0.25) is 9.89 Å². The molecular formula is C15H21ClN4OS. The molecule has 0 aromatic carbocycles. The number of hydrogen-bond acceptors (Lipinski definition) is 4. The molecule has 1 amide bonds. The summed E-state index contributed by atoms with van der Waals surface area (Å²) in [6.45, 7) is 2.69. The fourth-order valence-corrected chi connectivity index (χ4v) is 3.47. The molecule has 0 atom stereocenters. The van der Waals surface area contributed by atoms with E-state index in [0.29, 0.717) is 11.6 Å². The van der Waals surface area contributed by atoms with Crippen molar-refractivity contribution >= 4 is 29.7 Å². The highest BCUT2D eigenvalue weighted by atomic mass is 35.5. The van der Waals surface area contributed by atoms with E-state index in [-0.39, 0.29) is 18.3 Å². The number of nitrogens with zero attached hydrogens (tertiary/aromatic N) is 2.